The molecule has 1 aromatic heterocycles. The fraction of sp³-hybridized carbons (Fsp3) is 0.238. The van der Waals surface area contributed by atoms with Crippen molar-refractivity contribution < 1.29 is 14.3 Å². The zero-order valence-corrected chi connectivity index (χ0v) is 16.2. The second kappa shape index (κ2) is 9.19. The first-order valence-corrected chi connectivity index (χ1v) is 9.68. The highest BCUT2D eigenvalue weighted by Gasteiger charge is 2.13. The molecule has 3 aromatic rings. The van der Waals surface area contributed by atoms with Gasteiger partial charge in [0.05, 0.1) is 31.5 Å². The summed E-state index contributed by atoms with van der Waals surface area (Å²) in [4.78, 5) is 17.1. The van der Waals surface area contributed by atoms with Gasteiger partial charge in [0.1, 0.15) is 16.5 Å². The summed E-state index contributed by atoms with van der Waals surface area (Å²) >= 11 is 1.55. The van der Waals surface area contributed by atoms with Crippen LogP contribution in [0, 0.1) is 0 Å². The van der Waals surface area contributed by atoms with Crippen LogP contribution in [-0.2, 0) is 6.54 Å². The first-order valence-electron chi connectivity index (χ1n) is 8.80. The first-order chi connectivity index (χ1) is 13.2. The van der Waals surface area contributed by atoms with Crippen molar-refractivity contribution in [1.82, 2.24) is 10.3 Å². The Balaban J connectivity index is 1.64. The van der Waals surface area contributed by atoms with Gasteiger partial charge in [-0.05, 0) is 42.8 Å². The second-order valence-electron chi connectivity index (χ2n) is 5.90. The molecule has 1 amide bonds. The number of ether oxygens (including phenoxy) is 2. The van der Waals surface area contributed by atoms with Crippen LogP contribution in [0.15, 0.2) is 53.9 Å². The third kappa shape index (κ3) is 4.86. The minimum Gasteiger partial charge on any atom is -0.497 e. The number of nitrogens with zero attached hydrogens (tertiary/aromatic N) is 1. The van der Waals surface area contributed by atoms with Crippen LogP contribution in [0.5, 0.6) is 11.5 Å². The van der Waals surface area contributed by atoms with Gasteiger partial charge in [0.15, 0.2) is 0 Å². The van der Waals surface area contributed by atoms with Crippen molar-refractivity contribution in [1.29, 1.82) is 0 Å². The van der Waals surface area contributed by atoms with Crippen LogP contribution in [0.3, 0.4) is 0 Å². The molecular weight excluding hydrogens is 360 g/mol. The molecule has 0 spiro atoms. The van der Waals surface area contributed by atoms with Crippen molar-refractivity contribution in [3.63, 3.8) is 0 Å². The molecule has 1 heterocycles. The van der Waals surface area contributed by atoms with E-state index in [9.17, 15) is 4.79 Å². The van der Waals surface area contributed by atoms with Crippen LogP contribution in [-0.4, -0.2) is 24.6 Å². The Morgan fingerprint density at radius 3 is 2.67 bits per heavy atom. The fourth-order valence-electron chi connectivity index (χ4n) is 2.51. The van der Waals surface area contributed by atoms with E-state index in [0.29, 0.717) is 24.5 Å². The second-order valence-corrected chi connectivity index (χ2v) is 6.76. The van der Waals surface area contributed by atoms with Gasteiger partial charge in [-0.3, -0.25) is 4.79 Å². The van der Waals surface area contributed by atoms with Gasteiger partial charge in [-0.2, -0.15) is 0 Å². The maximum Gasteiger partial charge on any atom is 0.255 e. The van der Waals surface area contributed by atoms with E-state index in [4.69, 9.17) is 9.47 Å². The van der Waals surface area contributed by atoms with Crippen LogP contribution in [0.1, 0.15) is 29.4 Å². The lowest BCUT2D eigenvalue weighted by Crippen LogP contribution is -2.23. The largest absolute Gasteiger partial charge is 0.497 e. The summed E-state index contributed by atoms with van der Waals surface area (Å²) in [6.07, 6.45) is 0.892. The lowest BCUT2D eigenvalue weighted by Gasteiger charge is -2.10. The molecule has 27 heavy (non-hydrogen) atoms. The Morgan fingerprint density at radius 2 is 1.93 bits per heavy atom. The number of para-hydroxylation sites is 1. The molecule has 140 valence electrons. The molecule has 0 unspecified atom stereocenters. The maximum absolute atomic E-state index is 12.5. The van der Waals surface area contributed by atoms with E-state index >= 15 is 0 Å². The number of rotatable bonds is 8. The van der Waals surface area contributed by atoms with Crippen molar-refractivity contribution in [3.05, 3.63) is 65.2 Å². The van der Waals surface area contributed by atoms with Crippen molar-refractivity contribution in [3.8, 4) is 22.1 Å². The molecule has 5 nitrogen and oxygen atoms in total. The number of nitrogens with one attached hydrogen (secondary N) is 1. The van der Waals surface area contributed by atoms with E-state index < -0.39 is 0 Å². The monoisotopic (exact) mass is 382 g/mol. The predicted molar refractivity (Wildman–Crippen MR) is 108 cm³/mol. The Kier molecular flexibility index (Phi) is 6.44. The van der Waals surface area contributed by atoms with Crippen LogP contribution in [0.4, 0.5) is 0 Å². The topological polar surface area (TPSA) is 60.5 Å². The number of methoxy groups -OCH3 is 1. The van der Waals surface area contributed by atoms with E-state index in [2.05, 4.69) is 10.3 Å². The summed E-state index contributed by atoms with van der Waals surface area (Å²) < 4.78 is 10.8. The average molecular weight is 382 g/mol. The van der Waals surface area contributed by atoms with Gasteiger partial charge in [-0.25, -0.2) is 4.98 Å². The summed E-state index contributed by atoms with van der Waals surface area (Å²) in [5.74, 6) is 1.25. The number of carbonyl (C=O) groups is 1. The zero-order valence-electron chi connectivity index (χ0n) is 15.4. The third-order valence-corrected chi connectivity index (χ3v) is 4.85. The first kappa shape index (κ1) is 18.9. The van der Waals surface area contributed by atoms with E-state index in [1.807, 2.05) is 54.8 Å². The molecule has 2 aromatic carbocycles. The Labute approximate surface area is 163 Å². The van der Waals surface area contributed by atoms with Gasteiger partial charge in [0.2, 0.25) is 0 Å². The lowest BCUT2D eigenvalue weighted by atomic mass is 10.2. The molecule has 0 fully saturated rings. The van der Waals surface area contributed by atoms with E-state index in [0.717, 1.165) is 28.4 Å². The van der Waals surface area contributed by atoms with Gasteiger partial charge >= 0.3 is 0 Å². The molecular formula is C21H22N2O3S. The molecule has 0 aliphatic heterocycles. The van der Waals surface area contributed by atoms with Crippen LogP contribution < -0.4 is 14.8 Å². The average Bonchev–Trinajstić information content (AvgIpc) is 3.20. The van der Waals surface area contributed by atoms with Gasteiger partial charge in [-0.15, -0.1) is 11.3 Å². The van der Waals surface area contributed by atoms with Crippen molar-refractivity contribution in [2.45, 2.75) is 19.9 Å². The number of aromatic nitrogens is 1. The Hall–Kier alpha value is -2.86. The van der Waals surface area contributed by atoms with Crippen molar-refractivity contribution in [2.75, 3.05) is 13.7 Å². The van der Waals surface area contributed by atoms with Crippen LogP contribution >= 0.6 is 11.3 Å². The predicted octanol–water partition coefficient (Wildman–Crippen LogP) is 4.54. The summed E-state index contributed by atoms with van der Waals surface area (Å²) in [6.45, 7) is 2.99. The molecule has 0 radical (unpaired) electrons. The lowest BCUT2D eigenvalue weighted by molar-refractivity contribution is 0.0946. The number of amides is 1. The normalized spacial score (nSPS) is 10.4. The summed E-state index contributed by atoms with van der Waals surface area (Å²) in [5.41, 5.74) is 2.39. The van der Waals surface area contributed by atoms with Gasteiger partial charge in [-0.1, -0.05) is 19.1 Å². The summed E-state index contributed by atoms with van der Waals surface area (Å²) in [7, 11) is 1.64. The third-order valence-electron chi connectivity index (χ3n) is 3.91. The zero-order chi connectivity index (χ0) is 19.1. The molecule has 0 saturated heterocycles. The van der Waals surface area contributed by atoms with Crippen LogP contribution in [0.25, 0.3) is 10.6 Å². The number of hydrogen-bond acceptors (Lipinski definition) is 5. The number of thiazole rings is 1. The van der Waals surface area contributed by atoms with Crippen LogP contribution in [0.2, 0.25) is 0 Å². The SMILES string of the molecule is CCCOc1ccccc1C(=O)NCc1csc(-c2ccc(OC)cc2)n1. The smallest absolute Gasteiger partial charge is 0.255 e. The molecule has 0 aliphatic carbocycles. The number of carbonyl (C=O) groups excluding carboxylic acids is 1. The molecule has 0 saturated carbocycles. The van der Waals surface area contributed by atoms with E-state index in [1.54, 1.807) is 24.5 Å². The van der Waals surface area contributed by atoms with Gasteiger partial charge < -0.3 is 14.8 Å². The molecule has 1 N–H and O–H groups in total. The van der Waals surface area contributed by atoms with Gasteiger partial charge in [0, 0.05) is 10.9 Å². The molecule has 0 aliphatic rings. The van der Waals surface area contributed by atoms with E-state index in [-0.39, 0.29) is 5.91 Å². The highest BCUT2D eigenvalue weighted by molar-refractivity contribution is 7.13. The number of benzene rings is 2. The summed E-state index contributed by atoms with van der Waals surface area (Å²) in [5, 5.41) is 5.79. The highest BCUT2D eigenvalue weighted by Crippen LogP contribution is 2.26. The molecule has 6 heteroatoms. The maximum atomic E-state index is 12.5. The summed E-state index contributed by atoms with van der Waals surface area (Å²) in [6, 6.07) is 15.0. The minimum absolute atomic E-state index is 0.166. The quantitative estimate of drug-likeness (QED) is 0.621. The molecule has 3 rings (SSSR count). The Morgan fingerprint density at radius 1 is 1.15 bits per heavy atom. The highest BCUT2D eigenvalue weighted by atomic mass is 32.1. The minimum atomic E-state index is -0.166. The van der Waals surface area contributed by atoms with Crippen molar-refractivity contribution >= 4 is 17.2 Å². The Bertz CT molecular complexity index is 890. The van der Waals surface area contributed by atoms with E-state index in [1.165, 1.54) is 0 Å². The standard InChI is InChI=1S/C21H22N2O3S/c1-3-12-26-19-7-5-4-6-18(19)20(24)22-13-16-14-27-21(23-16)15-8-10-17(25-2)11-9-15/h4-11,14H,3,12-13H2,1-2H3,(H,22,24). The fourth-order valence-corrected chi connectivity index (χ4v) is 3.34. The molecule has 0 atom stereocenters. The molecule has 0 bridgehead atoms. The van der Waals surface area contributed by atoms with Crippen molar-refractivity contribution in [2.24, 2.45) is 0 Å². The number of hydrogen-bond donors (Lipinski definition) is 1. The van der Waals surface area contributed by atoms with Gasteiger partial charge in [0.25, 0.3) is 5.91 Å².